The Morgan fingerprint density at radius 3 is 1.02 bits per heavy atom. The molecule has 2 amide bonds. The first-order valence-corrected chi connectivity index (χ1v) is 20.2. The zero-order valence-electron chi connectivity index (χ0n) is 33.5. The van der Waals surface area contributed by atoms with Gasteiger partial charge in [-0.25, -0.2) is 9.59 Å². The van der Waals surface area contributed by atoms with Gasteiger partial charge in [-0.15, -0.1) is 0 Å². The number of esters is 2. The molecule has 0 aliphatic heterocycles. The molecule has 12 heteroatoms. The maximum absolute atomic E-state index is 13.6. The highest BCUT2D eigenvalue weighted by atomic mass is 33.1. The highest BCUT2D eigenvalue weighted by molar-refractivity contribution is 8.76. The van der Waals surface area contributed by atoms with E-state index in [2.05, 4.69) is 10.6 Å². The van der Waals surface area contributed by atoms with Crippen molar-refractivity contribution in [1.82, 2.24) is 10.6 Å². The number of hydrogen-bond donors (Lipinski definition) is 4. The fourth-order valence-corrected chi connectivity index (χ4v) is 7.65. The van der Waals surface area contributed by atoms with E-state index in [4.69, 9.17) is 9.47 Å². The summed E-state index contributed by atoms with van der Waals surface area (Å²) in [4.78, 5) is 53.3. The topological polar surface area (TPSA) is 151 Å². The Morgan fingerprint density at radius 1 is 0.558 bits per heavy atom. The highest BCUT2D eigenvalue weighted by Gasteiger charge is 2.32. The summed E-state index contributed by atoms with van der Waals surface area (Å²) in [7, 11) is 2.48. The predicted octanol–water partition coefficient (Wildman–Crippen LogP) is 7.69. The number of phenols is 2. The maximum atomic E-state index is 13.6. The summed E-state index contributed by atoms with van der Waals surface area (Å²) < 4.78 is 10.6. The van der Waals surface area contributed by atoms with Crippen LogP contribution in [0.3, 0.4) is 0 Å². The summed E-state index contributed by atoms with van der Waals surface area (Å²) in [6.45, 7) is 27.0. The molecule has 2 atom stereocenters. The lowest BCUT2D eigenvalue weighted by atomic mass is 9.78. The van der Waals surface area contributed by atoms with Gasteiger partial charge in [0.25, 0.3) is 11.8 Å². The number of rotatable bonds is 13. The molecule has 0 aliphatic carbocycles. The maximum Gasteiger partial charge on any atom is 0.329 e. The summed E-state index contributed by atoms with van der Waals surface area (Å²) >= 11 is 0. The van der Waals surface area contributed by atoms with Crippen LogP contribution >= 0.6 is 21.6 Å². The van der Waals surface area contributed by atoms with Crippen molar-refractivity contribution in [1.29, 1.82) is 0 Å². The summed E-state index contributed by atoms with van der Waals surface area (Å²) in [6, 6.07) is 4.57. The molecule has 2 aromatic rings. The van der Waals surface area contributed by atoms with Crippen LogP contribution in [0.4, 0.5) is 0 Å². The Kier molecular flexibility index (Phi) is 15.2. The number of aromatic hydroxyl groups is 2. The number of hydrogen-bond acceptors (Lipinski definition) is 10. The van der Waals surface area contributed by atoms with E-state index in [0.717, 1.165) is 0 Å². The molecule has 4 N–H and O–H groups in total. The van der Waals surface area contributed by atoms with E-state index in [1.807, 2.05) is 83.1 Å². The van der Waals surface area contributed by atoms with Crippen molar-refractivity contribution in [2.24, 2.45) is 0 Å². The van der Waals surface area contributed by atoms with E-state index in [9.17, 15) is 29.4 Å². The third kappa shape index (κ3) is 12.1. The van der Waals surface area contributed by atoms with Gasteiger partial charge < -0.3 is 30.3 Å². The van der Waals surface area contributed by atoms with Crippen LogP contribution in [0.1, 0.15) is 140 Å². The number of carbonyl (C=O) groups is 4. The number of carbonyl (C=O) groups excluding carboxylic acids is 4. The van der Waals surface area contributed by atoms with Gasteiger partial charge in [0.2, 0.25) is 0 Å². The van der Waals surface area contributed by atoms with Crippen molar-refractivity contribution in [2.75, 3.05) is 24.7 Å². The largest absolute Gasteiger partial charge is 0.507 e. The molecule has 290 valence electrons. The zero-order valence-corrected chi connectivity index (χ0v) is 35.1. The van der Waals surface area contributed by atoms with E-state index < -0.39 is 57.5 Å². The van der Waals surface area contributed by atoms with Crippen molar-refractivity contribution in [2.45, 2.75) is 131 Å². The standard InChI is InChI=1S/C40H60N2O8S2/c1-15-49-35(47)29(41-33(45)23-17-25(37(3,4)5)31(43)26(18-23)38(6,7)8)21-51-52-22-30(36(48)50-16-2)42-34(46)24-19-27(39(9,10)11)32(44)28(20-24)40(12,13)14/h17-20,29-30,43-44H,15-16,21-22H2,1-14H3,(H,41,45)(H,42,46)/t29-,30-/m0/s1. The Balaban J connectivity index is 2.31. The van der Waals surface area contributed by atoms with Crippen LogP contribution in [0, 0.1) is 0 Å². The van der Waals surface area contributed by atoms with Crippen LogP contribution in [0.2, 0.25) is 0 Å². The Morgan fingerprint density at radius 2 is 0.808 bits per heavy atom. The first-order valence-electron chi connectivity index (χ1n) is 17.7. The molecule has 2 rings (SSSR count). The van der Waals surface area contributed by atoms with Gasteiger partial charge in [0.15, 0.2) is 0 Å². The minimum absolute atomic E-state index is 0.108. The Labute approximate surface area is 318 Å². The summed E-state index contributed by atoms with van der Waals surface area (Å²) in [5.41, 5.74) is 1.27. The van der Waals surface area contributed by atoms with Crippen molar-refractivity contribution in [3.63, 3.8) is 0 Å². The molecule has 0 fully saturated rings. The Hall–Kier alpha value is -3.38. The molecule has 0 saturated carbocycles. The van der Waals surface area contributed by atoms with E-state index in [1.165, 1.54) is 21.6 Å². The number of phenolic OH excluding ortho intramolecular Hbond substituents is 2. The number of benzene rings is 2. The van der Waals surface area contributed by atoms with Gasteiger partial charge in [-0.2, -0.15) is 0 Å². The lowest BCUT2D eigenvalue weighted by Gasteiger charge is -2.28. The average Bonchev–Trinajstić information content (AvgIpc) is 2.99. The van der Waals surface area contributed by atoms with Gasteiger partial charge in [0.1, 0.15) is 23.6 Å². The summed E-state index contributed by atoms with van der Waals surface area (Å²) in [6.07, 6.45) is 0. The van der Waals surface area contributed by atoms with E-state index in [0.29, 0.717) is 33.4 Å². The van der Waals surface area contributed by atoms with E-state index in [1.54, 1.807) is 38.1 Å². The van der Waals surface area contributed by atoms with Crippen LogP contribution in [-0.2, 0) is 40.7 Å². The summed E-state index contributed by atoms with van der Waals surface area (Å²) in [5.74, 6) is -1.70. The molecule has 0 aliphatic rings. The van der Waals surface area contributed by atoms with Crippen molar-refractivity contribution in [3.8, 4) is 11.5 Å². The predicted molar refractivity (Wildman–Crippen MR) is 212 cm³/mol. The Bertz CT molecular complexity index is 1420. The summed E-state index contributed by atoms with van der Waals surface area (Å²) in [5, 5.41) is 27.8. The van der Waals surface area contributed by atoms with Crippen molar-refractivity contribution in [3.05, 3.63) is 57.6 Å². The molecule has 0 aromatic heterocycles. The molecular weight excluding hydrogens is 701 g/mol. The molecule has 0 bridgehead atoms. The normalized spacial score (nSPS) is 13.6. The van der Waals surface area contributed by atoms with Crippen LogP contribution in [-0.4, -0.2) is 70.8 Å². The van der Waals surface area contributed by atoms with Gasteiger partial charge in [-0.1, -0.05) is 105 Å². The fourth-order valence-electron chi connectivity index (χ4n) is 5.36. The van der Waals surface area contributed by atoms with Gasteiger partial charge in [-0.3, -0.25) is 9.59 Å². The van der Waals surface area contributed by atoms with Gasteiger partial charge in [0, 0.05) is 44.9 Å². The lowest BCUT2D eigenvalue weighted by Crippen LogP contribution is -2.44. The minimum atomic E-state index is -1.02. The first kappa shape index (κ1) is 44.8. The first-order chi connectivity index (χ1) is 23.7. The van der Waals surface area contributed by atoms with E-state index in [-0.39, 0.29) is 36.2 Å². The molecule has 2 aromatic carbocycles. The van der Waals surface area contributed by atoms with Gasteiger partial charge in [0.05, 0.1) is 13.2 Å². The minimum Gasteiger partial charge on any atom is -0.507 e. The molecule has 10 nitrogen and oxygen atoms in total. The number of nitrogens with one attached hydrogen (secondary N) is 2. The van der Waals surface area contributed by atoms with Crippen LogP contribution < -0.4 is 10.6 Å². The van der Waals surface area contributed by atoms with Crippen LogP contribution in [0.5, 0.6) is 11.5 Å². The van der Waals surface area contributed by atoms with Crippen molar-refractivity contribution >= 4 is 45.3 Å². The third-order valence-corrected chi connectivity index (χ3v) is 10.7. The van der Waals surface area contributed by atoms with Crippen LogP contribution in [0.15, 0.2) is 24.3 Å². The van der Waals surface area contributed by atoms with Gasteiger partial charge >= 0.3 is 11.9 Å². The third-order valence-electron chi connectivity index (χ3n) is 8.28. The van der Waals surface area contributed by atoms with Gasteiger partial charge in [-0.05, 0) is 59.8 Å². The second-order valence-corrected chi connectivity index (χ2v) is 19.5. The average molecular weight is 761 g/mol. The molecule has 0 heterocycles. The monoisotopic (exact) mass is 760 g/mol. The molecule has 0 saturated heterocycles. The molecular formula is C40H60N2O8S2. The van der Waals surface area contributed by atoms with Crippen LogP contribution in [0.25, 0.3) is 0 Å². The van der Waals surface area contributed by atoms with E-state index >= 15 is 0 Å². The fraction of sp³-hybridized carbons (Fsp3) is 0.600. The van der Waals surface area contributed by atoms with Crippen molar-refractivity contribution < 1.29 is 38.9 Å². The molecule has 0 spiro atoms. The molecule has 0 unspecified atom stereocenters. The molecule has 0 radical (unpaired) electrons. The SMILES string of the molecule is CCOC(=O)[C@H](CSSC[C@H](NC(=O)c1cc(C(C)(C)C)c(O)c(C(C)(C)C)c1)C(=O)OCC)NC(=O)c1cc(C(C)(C)C)c(O)c(C(C)(C)C)c1. The number of ether oxygens (including phenoxy) is 2. The second kappa shape index (κ2) is 17.6. The quantitative estimate of drug-likeness (QED) is 0.0909. The zero-order chi connectivity index (χ0) is 40.0. The lowest BCUT2D eigenvalue weighted by molar-refractivity contribution is -0.145. The smallest absolute Gasteiger partial charge is 0.329 e. The second-order valence-electron chi connectivity index (χ2n) is 17.0. The highest BCUT2D eigenvalue weighted by Crippen LogP contribution is 2.41. The molecule has 52 heavy (non-hydrogen) atoms. The number of amides is 2.